The lowest BCUT2D eigenvalue weighted by molar-refractivity contribution is 0.306. The Morgan fingerprint density at radius 3 is 2.80 bits per heavy atom. The highest BCUT2D eigenvalue weighted by atomic mass is 35.5. The first-order valence-electron chi connectivity index (χ1n) is 5.20. The summed E-state index contributed by atoms with van der Waals surface area (Å²) in [6.07, 6.45) is 7.46. The lowest BCUT2D eigenvalue weighted by atomic mass is 9.95. The van der Waals surface area contributed by atoms with Gasteiger partial charge in [-0.15, -0.1) is 0 Å². The van der Waals surface area contributed by atoms with E-state index >= 15 is 0 Å². The van der Waals surface area contributed by atoms with E-state index in [1.807, 2.05) is 0 Å². The largest absolute Gasteiger partial charge is 0.310 e. The van der Waals surface area contributed by atoms with E-state index in [-0.39, 0.29) is 5.29 Å². The number of nitrogens with zero attached hydrogens (tertiary/aromatic N) is 2. The molecule has 0 aromatic heterocycles. The van der Waals surface area contributed by atoms with Gasteiger partial charge >= 0.3 is 0 Å². The highest BCUT2D eigenvalue weighted by Gasteiger charge is 2.31. The highest BCUT2D eigenvalue weighted by molar-refractivity contribution is 6.65. The van der Waals surface area contributed by atoms with Crippen molar-refractivity contribution in [3.63, 3.8) is 0 Å². The van der Waals surface area contributed by atoms with Crippen molar-refractivity contribution in [2.75, 3.05) is 0 Å². The van der Waals surface area contributed by atoms with Crippen molar-refractivity contribution in [3.8, 4) is 0 Å². The second-order valence-corrected chi connectivity index (χ2v) is 4.80. The lowest BCUT2D eigenvalue weighted by Gasteiger charge is -2.33. The molecule has 1 fully saturated rings. The highest BCUT2D eigenvalue weighted by Crippen LogP contribution is 2.22. The average molecular weight is 249 g/mol. The maximum absolute atomic E-state index is 6.22. The Hall–Kier alpha value is -0.320. The number of aliphatic imine (C=N–C) groups is 2. The van der Waals surface area contributed by atoms with E-state index in [0.29, 0.717) is 6.04 Å². The minimum absolute atomic E-state index is 0.267. The molecule has 1 saturated carbocycles. The van der Waals surface area contributed by atoms with Crippen LogP contribution in [-0.2, 0) is 0 Å². The Morgan fingerprint density at radius 2 is 2.13 bits per heavy atom. The first-order chi connectivity index (χ1) is 7.18. The van der Waals surface area contributed by atoms with E-state index in [1.165, 1.54) is 25.6 Å². The van der Waals surface area contributed by atoms with Gasteiger partial charge in [-0.25, -0.2) is 9.98 Å². The molecular weight excluding hydrogens is 235 g/mol. The maximum atomic E-state index is 6.22. The molecule has 0 amide bonds. The molecule has 2 aliphatic rings. The van der Waals surface area contributed by atoms with Crippen LogP contribution in [0.4, 0.5) is 0 Å². The number of halogens is 2. The molecule has 0 aromatic rings. The van der Waals surface area contributed by atoms with Crippen LogP contribution in [0.3, 0.4) is 0 Å². The predicted octanol–water partition coefficient (Wildman–Crippen LogP) is 1.99. The summed E-state index contributed by atoms with van der Waals surface area (Å²) in [5.41, 5.74) is 0. The van der Waals surface area contributed by atoms with Gasteiger partial charge in [0.05, 0.1) is 0 Å². The Kier molecular flexibility index (Phi) is 3.49. The second-order valence-electron chi connectivity index (χ2n) is 3.89. The molecule has 84 valence electrons. The van der Waals surface area contributed by atoms with Crippen LogP contribution in [0.25, 0.3) is 0 Å². The third-order valence-electron chi connectivity index (χ3n) is 2.68. The van der Waals surface area contributed by atoms with Crippen LogP contribution in [0.15, 0.2) is 9.98 Å². The summed E-state index contributed by atoms with van der Waals surface area (Å²) in [6, 6.07) is 0.406. The van der Waals surface area contributed by atoms with E-state index in [2.05, 4.69) is 20.6 Å². The quantitative estimate of drug-likeness (QED) is 0.580. The molecule has 2 rings (SSSR count). The second kappa shape index (κ2) is 4.68. The molecule has 1 heterocycles. The zero-order chi connectivity index (χ0) is 10.7. The number of hydrogen-bond donors (Lipinski definition) is 2. The molecule has 1 unspecified atom stereocenters. The van der Waals surface area contributed by atoms with E-state index in [0.717, 1.165) is 12.8 Å². The van der Waals surface area contributed by atoms with Crippen molar-refractivity contribution in [2.24, 2.45) is 9.98 Å². The molecule has 1 aliphatic carbocycles. The van der Waals surface area contributed by atoms with Gasteiger partial charge in [0.2, 0.25) is 5.29 Å². The predicted molar refractivity (Wildman–Crippen MR) is 63.5 cm³/mol. The minimum Gasteiger partial charge on any atom is -0.310 e. The van der Waals surface area contributed by atoms with E-state index < -0.39 is 5.25 Å². The van der Waals surface area contributed by atoms with Gasteiger partial charge in [0.15, 0.2) is 0 Å². The third-order valence-corrected chi connectivity index (χ3v) is 3.17. The first kappa shape index (κ1) is 11.2. The fourth-order valence-electron chi connectivity index (χ4n) is 1.95. The Labute approximate surface area is 99.1 Å². The standard InChI is InChI=1S/C9H14Cl2N4/c10-8-12-6-13-9(11,15-8)14-7-4-2-1-3-5-7/h6-7,14H,1-5H2,(H,12,13,15). The van der Waals surface area contributed by atoms with Gasteiger partial charge in [-0.1, -0.05) is 30.9 Å². The van der Waals surface area contributed by atoms with Gasteiger partial charge in [0, 0.05) is 6.04 Å². The molecule has 0 spiro atoms. The fraction of sp³-hybridized carbons (Fsp3) is 0.778. The van der Waals surface area contributed by atoms with Gasteiger partial charge in [0.25, 0.3) is 5.25 Å². The average Bonchev–Trinajstić information content (AvgIpc) is 2.18. The number of rotatable bonds is 2. The Bertz CT molecular complexity index is 286. The smallest absolute Gasteiger partial charge is 0.268 e. The van der Waals surface area contributed by atoms with Gasteiger partial charge < -0.3 is 5.32 Å². The minimum atomic E-state index is -1.01. The van der Waals surface area contributed by atoms with E-state index in [9.17, 15) is 0 Å². The number of hydrogen-bond acceptors (Lipinski definition) is 4. The van der Waals surface area contributed by atoms with Crippen molar-refractivity contribution in [1.29, 1.82) is 0 Å². The maximum Gasteiger partial charge on any atom is 0.268 e. The molecule has 2 N–H and O–H groups in total. The van der Waals surface area contributed by atoms with Crippen LogP contribution < -0.4 is 10.6 Å². The van der Waals surface area contributed by atoms with Crippen molar-refractivity contribution in [1.82, 2.24) is 10.6 Å². The van der Waals surface area contributed by atoms with Crippen LogP contribution in [0.2, 0.25) is 0 Å². The molecule has 4 nitrogen and oxygen atoms in total. The van der Waals surface area contributed by atoms with Gasteiger partial charge in [0.1, 0.15) is 6.34 Å². The molecule has 0 bridgehead atoms. The Morgan fingerprint density at radius 1 is 1.40 bits per heavy atom. The molecule has 0 radical (unpaired) electrons. The number of amidine groups is 1. The van der Waals surface area contributed by atoms with Crippen LogP contribution in [0, 0.1) is 0 Å². The van der Waals surface area contributed by atoms with E-state index in [1.54, 1.807) is 0 Å². The van der Waals surface area contributed by atoms with Crippen molar-refractivity contribution in [2.45, 2.75) is 43.4 Å². The summed E-state index contributed by atoms with van der Waals surface area (Å²) in [5, 5.41) is 5.32. The zero-order valence-corrected chi connectivity index (χ0v) is 9.85. The van der Waals surface area contributed by atoms with Crippen LogP contribution in [0.5, 0.6) is 0 Å². The molecule has 6 heteroatoms. The van der Waals surface area contributed by atoms with E-state index in [4.69, 9.17) is 23.2 Å². The molecule has 0 saturated heterocycles. The Balaban J connectivity index is 1.92. The normalized spacial score (nSPS) is 32.3. The fourth-order valence-corrected chi connectivity index (χ4v) is 2.47. The van der Waals surface area contributed by atoms with Crippen LogP contribution in [-0.4, -0.2) is 22.9 Å². The molecule has 1 aliphatic heterocycles. The van der Waals surface area contributed by atoms with Crippen molar-refractivity contribution >= 4 is 34.8 Å². The summed E-state index contributed by atoms with van der Waals surface area (Å²) >= 11 is 12.0. The summed E-state index contributed by atoms with van der Waals surface area (Å²) in [5.74, 6) is 0. The third kappa shape index (κ3) is 3.06. The monoisotopic (exact) mass is 248 g/mol. The first-order valence-corrected chi connectivity index (χ1v) is 5.95. The lowest BCUT2D eigenvalue weighted by Crippen LogP contribution is -2.57. The molecular formula is C9H14Cl2N4. The summed E-state index contributed by atoms with van der Waals surface area (Å²) in [4.78, 5) is 7.83. The zero-order valence-electron chi connectivity index (χ0n) is 8.34. The van der Waals surface area contributed by atoms with Crippen LogP contribution in [0.1, 0.15) is 32.1 Å². The molecule has 15 heavy (non-hydrogen) atoms. The molecule has 0 aromatic carbocycles. The van der Waals surface area contributed by atoms with Crippen molar-refractivity contribution in [3.05, 3.63) is 0 Å². The summed E-state index contributed by atoms with van der Waals surface area (Å²) in [7, 11) is 0. The van der Waals surface area contributed by atoms with Crippen molar-refractivity contribution < 1.29 is 0 Å². The summed E-state index contributed by atoms with van der Waals surface area (Å²) in [6.45, 7) is 0. The van der Waals surface area contributed by atoms with Gasteiger partial charge in [-0.05, 0) is 24.4 Å². The SMILES string of the molecule is ClC1=NC=NC(Cl)(NC2CCCCC2)N1. The number of alkyl halides is 1. The van der Waals surface area contributed by atoms with Gasteiger partial charge in [-0.2, -0.15) is 0 Å². The number of nitrogens with one attached hydrogen (secondary N) is 2. The topological polar surface area (TPSA) is 48.8 Å². The van der Waals surface area contributed by atoms with Gasteiger partial charge in [-0.3, -0.25) is 5.32 Å². The molecule has 1 atom stereocenters. The summed E-state index contributed by atoms with van der Waals surface area (Å²) < 4.78 is 0. The van der Waals surface area contributed by atoms with Crippen LogP contribution >= 0.6 is 23.2 Å².